The summed E-state index contributed by atoms with van der Waals surface area (Å²) in [6.45, 7) is 0.204. The van der Waals surface area contributed by atoms with Gasteiger partial charge >= 0.3 is 0 Å². The molecule has 1 aliphatic rings. The van der Waals surface area contributed by atoms with Crippen molar-refractivity contribution in [2.24, 2.45) is 5.10 Å². The molecule has 0 aromatic heterocycles. The van der Waals surface area contributed by atoms with Crippen LogP contribution in [0, 0.1) is 0 Å². The number of hydrazone groups is 1. The predicted octanol–water partition coefficient (Wildman–Crippen LogP) is 1.60. The van der Waals surface area contributed by atoms with Crippen molar-refractivity contribution in [1.29, 1.82) is 0 Å². The van der Waals surface area contributed by atoms with Gasteiger partial charge in [-0.3, -0.25) is 4.79 Å². The molecule has 6 nitrogen and oxygen atoms in total. The Bertz CT molecular complexity index is 701. The van der Waals surface area contributed by atoms with Crippen molar-refractivity contribution in [2.75, 3.05) is 6.79 Å². The van der Waals surface area contributed by atoms with Crippen molar-refractivity contribution in [3.8, 4) is 11.5 Å². The molecule has 112 valence electrons. The van der Waals surface area contributed by atoms with Crippen LogP contribution in [0.3, 0.4) is 0 Å². The van der Waals surface area contributed by atoms with E-state index in [9.17, 15) is 9.90 Å². The molecule has 1 atom stereocenters. The van der Waals surface area contributed by atoms with Crippen LogP contribution in [0.15, 0.2) is 53.6 Å². The van der Waals surface area contributed by atoms with Crippen molar-refractivity contribution in [3.05, 3.63) is 59.7 Å². The second-order valence-electron chi connectivity index (χ2n) is 4.66. The van der Waals surface area contributed by atoms with Crippen molar-refractivity contribution in [3.63, 3.8) is 0 Å². The average Bonchev–Trinajstić information content (AvgIpc) is 3.02. The number of benzene rings is 2. The van der Waals surface area contributed by atoms with Crippen LogP contribution in [0.1, 0.15) is 17.2 Å². The summed E-state index contributed by atoms with van der Waals surface area (Å²) in [7, 11) is 0. The number of carbonyl (C=O) groups is 1. The molecule has 1 aliphatic heterocycles. The van der Waals surface area contributed by atoms with Crippen LogP contribution in [0.25, 0.3) is 0 Å². The summed E-state index contributed by atoms with van der Waals surface area (Å²) in [6, 6.07) is 14.0. The number of carbonyl (C=O) groups excluding carboxylic acids is 1. The molecule has 0 aliphatic carbocycles. The lowest BCUT2D eigenvalue weighted by molar-refractivity contribution is -0.129. The van der Waals surface area contributed by atoms with Crippen LogP contribution in [0.5, 0.6) is 11.5 Å². The molecule has 0 saturated heterocycles. The molecule has 1 amide bonds. The molecule has 2 aromatic carbocycles. The monoisotopic (exact) mass is 298 g/mol. The first-order chi connectivity index (χ1) is 10.7. The Morgan fingerprint density at radius 2 is 1.95 bits per heavy atom. The maximum atomic E-state index is 11.8. The standard InChI is InChI=1S/C16H14N2O4/c19-15(12-4-2-1-3-5-12)16(20)18-17-9-11-6-7-13-14(8-11)22-10-21-13/h1-9,15,19H,10H2,(H,18,20)/b17-9-/t15-/m1/s1. The first-order valence-electron chi connectivity index (χ1n) is 6.69. The number of hydrogen-bond acceptors (Lipinski definition) is 5. The molecular formula is C16H14N2O4. The summed E-state index contributed by atoms with van der Waals surface area (Å²) in [5.41, 5.74) is 3.57. The maximum Gasteiger partial charge on any atom is 0.273 e. The lowest BCUT2D eigenvalue weighted by atomic mass is 10.1. The second kappa shape index (κ2) is 6.28. The van der Waals surface area contributed by atoms with E-state index in [1.807, 2.05) is 6.07 Å². The van der Waals surface area contributed by atoms with Crippen molar-refractivity contribution in [2.45, 2.75) is 6.10 Å². The van der Waals surface area contributed by atoms with Gasteiger partial charge < -0.3 is 14.6 Å². The molecule has 1 heterocycles. The fourth-order valence-corrected chi connectivity index (χ4v) is 2.01. The highest BCUT2D eigenvalue weighted by atomic mass is 16.7. The summed E-state index contributed by atoms with van der Waals surface area (Å²) >= 11 is 0. The first-order valence-corrected chi connectivity index (χ1v) is 6.69. The fraction of sp³-hybridized carbons (Fsp3) is 0.125. The SMILES string of the molecule is O=C(N/N=C\c1ccc2c(c1)OCO2)[C@H](O)c1ccccc1. The molecule has 2 N–H and O–H groups in total. The molecule has 0 saturated carbocycles. The number of aliphatic hydroxyl groups is 1. The summed E-state index contributed by atoms with van der Waals surface area (Å²) in [5.74, 6) is 0.725. The van der Waals surface area contributed by atoms with Gasteiger partial charge in [-0.05, 0) is 29.3 Å². The van der Waals surface area contributed by atoms with E-state index in [2.05, 4.69) is 10.5 Å². The fourth-order valence-electron chi connectivity index (χ4n) is 2.01. The van der Waals surface area contributed by atoms with E-state index < -0.39 is 12.0 Å². The molecule has 3 rings (SSSR count). The summed E-state index contributed by atoms with van der Waals surface area (Å²) < 4.78 is 10.5. The number of nitrogens with zero attached hydrogens (tertiary/aromatic N) is 1. The van der Waals surface area contributed by atoms with Gasteiger partial charge in [-0.2, -0.15) is 5.10 Å². The van der Waals surface area contributed by atoms with Gasteiger partial charge in [0.1, 0.15) is 0 Å². The molecule has 0 unspecified atom stereocenters. The number of nitrogens with one attached hydrogen (secondary N) is 1. The Morgan fingerprint density at radius 1 is 1.18 bits per heavy atom. The zero-order valence-electron chi connectivity index (χ0n) is 11.6. The molecule has 0 radical (unpaired) electrons. The van der Waals surface area contributed by atoms with Crippen LogP contribution in [0.4, 0.5) is 0 Å². The Morgan fingerprint density at radius 3 is 2.77 bits per heavy atom. The molecule has 0 bridgehead atoms. The minimum Gasteiger partial charge on any atom is -0.454 e. The van der Waals surface area contributed by atoms with E-state index in [1.165, 1.54) is 6.21 Å². The summed E-state index contributed by atoms with van der Waals surface area (Å²) in [6.07, 6.45) is 0.215. The van der Waals surface area contributed by atoms with E-state index >= 15 is 0 Å². The smallest absolute Gasteiger partial charge is 0.273 e. The average molecular weight is 298 g/mol. The number of amides is 1. The van der Waals surface area contributed by atoms with Crippen LogP contribution in [-0.4, -0.2) is 24.0 Å². The molecule has 0 spiro atoms. The third-order valence-corrected chi connectivity index (χ3v) is 3.15. The van der Waals surface area contributed by atoms with Crippen molar-refractivity contribution in [1.82, 2.24) is 5.43 Å². The van der Waals surface area contributed by atoms with E-state index in [1.54, 1.807) is 42.5 Å². The number of aliphatic hydroxyl groups excluding tert-OH is 1. The van der Waals surface area contributed by atoms with Crippen molar-refractivity contribution >= 4 is 12.1 Å². The molecular weight excluding hydrogens is 284 g/mol. The first kappa shape index (κ1) is 14.1. The maximum absolute atomic E-state index is 11.8. The lowest BCUT2D eigenvalue weighted by Crippen LogP contribution is -2.25. The zero-order chi connectivity index (χ0) is 15.4. The van der Waals surface area contributed by atoms with Gasteiger partial charge in [0.2, 0.25) is 6.79 Å². The van der Waals surface area contributed by atoms with Gasteiger partial charge in [-0.15, -0.1) is 0 Å². The number of ether oxygens (including phenoxy) is 2. The van der Waals surface area contributed by atoms with E-state index in [0.29, 0.717) is 17.1 Å². The minimum atomic E-state index is -1.25. The quantitative estimate of drug-likeness (QED) is 0.663. The van der Waals surface area contributed by atoms with Gasteiger partial charge in [-0.1, -0.05) is 30.3 Å². The van der Waals surface area contributed by atoms with Crippen LogP contribution < -0.4 is 14.9 Å². The van der Waals surface area contributed by atoms with E-state index in [0.717, 1.165) is 5.56 Å². The second-order valence-corrected chi connectivity index (χ2v) is 4.66. The number of hydrogen-bond donors (Lipinski definition) is 2. The van der Waals surface area contributed by atoms with Crippen molar-refractivity contribution < 1.29 is 19.4 Å². The molecule has 0 fully saturated rings. The van der Waals surface area contributed by atoms with Gasteiger partial charge in [-0.25, -0.2) is 5.43 Å². The van der Waals surface area contributed by atoms with Crippen LogP contribution in [0.2, 0.25) is 0 Å². The Kier molecular flexibility index (Phi) is 4.02. The lowest BCUT2D eigenvalue weighted by Gasteiger charge is -2.08. The Balaban J connectivity index is 1.61. The Hall–Kier alpha value is -2.86. The minimum absolute atomic E-state index is 0.204. The molecule has 22 heavy (non-hydrogen) atoms. The summed E-state index contributed by atoms with van der Waals surface area (Å²) in [5, 5.41) is 13.7. The highest BCUT2D eigenvalue weighted by molar-refractivity contribution is 5.85. The summed E-state index contributed by atoms with van der Waals surface area (Å²) in [4.78, 5) is 11.8. The van der Waals surface area contributed by atoms with Crippen LogP contribution >= 0.6 is 0 Å². The van der Waals surface area contributed by atoms with Gasteiger partial charge in [0.25, 0.3) is 5.91 Å². The van der Waals surface area contributed by atoms with Crippen LogP contribution in [-0.2, 0) is 4.79 Å². The molecule has 2 aromatic rings. The predicted molar refractivity (Wildman–Crippen MR) is 79.7 cm³/mol. The molecule has 6 heteroatoms. The topological polar surface area (TPSA) is 80.2 Å². The highest BCUT2D eigenvalue weighted by Gasteiger charge is 2.16. The Labute approximate surface area is 127 Å². The van der Waals surface area contributed by atoms with Gasteiger partial charge in [0.05, 0.1) is 6.21 Å². The van der Waals surface area contributed by atoms with E-state index in [-0.39, 0.29) is 6.79 Å². The number of fused-ring (bicyclic) bond motifs is 1. The van der Waals surface area contributed by atoms with Gasteiger partial charge in [0, 0.05) is 0 Å². The third kappa shape index (κ3) is 3.07. The third-order valence-electron chi connectivity index (χ3n) is 3.15. The zero-order valence-corrected chi connectivity index (χ0v) is 11.6. The largest absolute Gasteiger partial charge is 0.454 e. The normalized spacial score (nSPS) is 14.0. The highest BCUT2D eigenvalue weighted by Crippen LogP contribution is 2.31. The van der Waals surface area contributed by atoms with Gasteiger partial charge in [0.15, 0.2) is 17.6 Å². The van der Waals surface area contributed by atoms with E-state index in [4.69, 9.17) is 9.47 Å². The number of rotatable bonds is 4.